The third kappa shape index (κ3) is 4.25. The number of hydrogen-bond donors (Lipinski definition) is 0. The van der Waals surface area contributed by atoms with Gasteiger partial charge in [0.25, 0.3) is 0 Å². The lowest BCUT2D eigenvalue weighted by Crippen LogP contribution is -2.57. The Labute approximate surface area is 250 Å². The molecule has 1 aliphatic heterocycles. The van der Waals surface area contributed by atoms with E-state index in [-0.39, 0.29) is 22.0 Å². The molecule has 0 N–H and O–H groups in total. The molecule has 0 amide bonds. The lowest BCUT2D eigenvalue weighted by atomic mass is 9.51. The molecule has 3 aromatic carbocycles. The second-order valence-corrected chi connectivity index (χ2v) is 13.7. The first-order valence-electron chi connectivity index (χ1n) is 14.6. The summed E-state index contributed by atoms with van der Waals surface area (Å²) < 4.78 is 60.7. The highest BCUT2D eigenvalue weighted by Crippen LogP contribution is 2.64. The van der Waals surface area contributed by atoms with Crippen molar-refractivity contribution in [3.63, 3.8) is 0 Å². The van der Waals surface area contributed by atoms with Crippen LogP contribution in [0.5, 0.6) is 23.0 Å². The van der Waals surface area contributed by atoms with Crippen LogP contribution >= 0.6 is 11.7 Å². The van der Waals surface area contributed by atoms with Crippen molar-refractivity contribution >= 4 is 32.9 Å². The summed E-state index contributed by atoms with van der Waals surface area (Å²) in [6.45, 7) is 0. The van der Waals surface area contributed by atoms with E-state index >= 15 is 0 Å². The fourth-order valence-corrected chi connectivity index (χ4v) is 9.57. The molecule has 1 aromatic heterocycles. The van der Waals surface area contributed by atoms with E-state index in [0.717, 1.165) is 80.2 Å². The Hall–Kier alpha value is -3.37. The maximum absolute atomic E-state index is 13.9. The van der Waals surface area contributed by atoms with E-state index in [4.69, 9.17) is 18.4 Å². The number of aromatic nitrogens is 2. The first-order chi connectivity index (χ1) is 20.4. The Bertz CT molecular complexity index is 1750. The van der Waals surface area contributed by atoms with E-state index in [1.165, 1.54) is 18.1 Å². The van der Waals surface area contributed by atoms with Gasteiger partial charge in [-0.05, 0) is 62.4 Å². The Kier molecular flexibility index (Phi) is 6.81. The van der Waals surface area contributed by atoms with Crippen LogP contribution in [0.2, 0.25) is 0 Å². The summed E-state index contributed by atoms with van der Waals surface area (Å²) in [7, 11) is -1.04. The van der Waals surface area contributed by atoms with E-state index in [2.05, 4.69) is 14.8 Å². The monoisotopic (exact) mass is 606 g/mol. The lowest BCUT2D eigenvalue weighted by molar-refractivity contribution is -0.0956. The van der Waals surface area contributed by atoms with Crippen molar-refractivity contribution in [1.82, 2.24) is 8.75 Å². The first kappa shape index (κ1) is 27.5. The minimum atomic E-state index is -4.27. The number of methoxy groups -OCH3 is 2. The van der Waals surface area contributed by atoms with Crippen LogP contribution in [0.4, 0.5) is 0 Å². The van der Waals surface area contributed by atoms with Gasteiger partial charge < -0.3 is 18.4 Å². The quantitative estimate of drug-likeness (QED) is 0.213. The molecule has 2 aliphatic carbocycles. The minimum absolute atomic E-state index is 0.0105. The number of ether oxygens (including phenoxy) is 3. The minimum Gasteiger partial charge on any atom is -0.497 e. The summed E-state index contributed by atoms with van der Waals surface area (Å²) >= 11 is 0.974. The lowest BCUT2D eigenvalue weighted by Gasteiger charge is -2.58. The van der Waals surface area contributed by atoms with E-state index in [1.807, 2.05) is 24.3 Å². The highest BCUT2D eigenvalue weighted by Gasteiger charge is 2.60. The molecule has 0 radical (unpaired) electrons. The fraction of sp³-hybridized carbons (Fsp3) is 0.438. The third-order valence-electron chi connectivity index (χ3n) is 9.65. The van der Waals surface area contributed by atoms with Gasteiger partial charge in [0.2, 0.25) is 0 Å². The Morgan fingerprint density at radius 2 is 1.60 bits per heavy atom. The second kappa shape index (κ2) is 10.4. The van der Waals surface area contributed by atoms with Crippen molar-refractivity contribution < 1.29 is 26.8 Å². The van der Waals surface area contributed by atoms with Gasteiger partial charge in [-0.2, -0.15) is 17.2 Å². The molecule has 2 atom stereocenters. The Morgan fingerprint density at radius 1 is 0.857 bits per heavy atom. The zero-order valence-electron chi connectivity index (χ0n) is 23.8. The molecule has 2 saturated carbocycles. The SMILES string of the molecule is COc1ccc2c(c1)OC1(c3ccc(OC)cc3OS(=O)(=O)c3cccc4nsnc34)CCCCC1C21CCCCC1. The molecule has 4 aromatic rings. The molecule has 2 unspecified atom stereocenters. The highest BCUT2D eigenvalue weighted by molar-refractivity contribution is 7.87. The van der Waals surface area contributed by atoms with Gasteiger partial charge >= 0.3 is 10.1 Å². The van der Waals surface area contributed by atoms with E-state index in [1.54, 1.807) is 32.4 Å². The summed E-state index contributed by atoms with van der Waals surface area (Å²) in [6, 6.07) is 16.6. The van der Waals surface area contributed by atoms with Crippen LogP contribution in [0.3, 0.4) is 0 Å². The molecule has 8 nitrogen and oxygen atoms in total. The summed E-state index contributed by atoms with van der Waals surface area (Å²) in [4.78, 5) is -0.0105. The largest absolute Gasteiger partial charge is 0.497 e. The van der Waals surface area contributed by atoms with Gasteiger partial charge in [0.15, 0.2) is 5.75 Å². The maximum atomic E-state index is 13.9. The van der Waals surface area contributed by atoms with Crippen molar-refractivity contribution in [3.8, 4) is 23.0 Å². The maximum Gasteiger partial charge on any atom is 0.341 e. The molecule has 10 heteroatoms. The average Bonchev–Trinajstić information content (AvgIpc) is 3.50. The first-order valence-corrected chi connectivity index (χ1v) is 16.8. The van der Waals surface area contributed by atoms with Crippen molar-refractivity contribution in [1.29, 1.82) is 0 Å². The van der Waals surface area contributed by atoms with Crippen LogP contribution in [0.25, 0.3) is 11.0 Å². The topological polar surface area (TPSA) is 96.8 Å². The molecule has 3 aliphatic rings. The van der Waals surface area contributed by atoms with Crippen LogP contribution in [0.1, 0.15) is 68.9 Å². The van der Waals surface area contributed by atoms with Crippen molar-refractivity contribution in [3.05, 3.63) is 65.7 Å². The molecule has 0 bridgehead atoms. The zero-order valence-corrected chi connectivity index (χ0v) is 25.4. The van der Waals surface area contributed by atoms with E-state index in [9.17, 15) is 8.42 Å². The number of nitrogens with zero attached hydrogens (tertiary/aromatic N) is 2. The van der Waals surface area contributed by atoms with Crippen LogP contribution in [-0.2, 0) is 21.1 Å². The molecule has 42 heavy (non-hydrogen) atoms. The van der Waals surface area contributed by atoms with Crippen LogP contribution < -0.4 is 18.4 Å². The average molecular weight is 607 g/mol. The zero-order chi connectivity index (χ0) is 29.0. The van der Waals surface area contributed by atoms with Gasteiger partial charge in [-0.15, -0.1) is 0 Å². The summed E-state index contributed by atoms with van der Waals surface area (Å²) in [6.07, 6.45) is 9.50. The van der Waals surface area contributed by atoms with Gasteiger partial charge in [-0.3, -0.25) is 0 Å². The number of rotatable bonds is 6. The smallest absolute Gasteiger partial charge is 0.341 e. The van der Waals surface area contributed by atoms with Crippen LogP contribution in [0, 0.1) is 5.92 Å². The molecule has 2 fully saturated rings. The van der Waals surface area contributed by atoms with Crippen molar-refractivity contribution in [2.24, 2.45) is 5.92 Å². The Morgan fingerprint density at radius 3 is 2.38 bits per heavy atom. The summed E-state index contributed by atoms with van der Waals surface area (Å²) in [5.41, 5.74) is 1.95. The van der Waals surface area contributed by atoms with Crippen LogP contribution in [0.15, 0.2) is 59.5 Å². The van der Waals surface area contributed by atoms with E-state index < -0.39 is 15.7 Å². The number of fused-ring (bicyclic) bond motifs is 5. The third-order valence-corrected chi connectivity index (χ3v) is 11.5. The molecular weight excluding hydrogens is 572 g/mol. The van der Waals surface area contributed by atoms with Gasteiger partial charge in [-0.1, -0.05) is 37.8 Å². The van der Waals surface area contributed by atoms with Crippen molar-refractivity contribution in [2.75, 3.05) is 14.2 Å². The summed E-state index contributed by atoms with van der Waals surface area (Å²) in [5.74, 6) is 2.44. The van der Waals surface area contributed by atoms with Crippen molar-refractivity contribution in [2.45, 2.75) is 73.7 Å². The number of hydrogen-bond acceptors (Lipinski definition) is 9. The van der Waals surface area contributed by atoms with Gasteiger partial charge in [0.05, 0.1) is 25.9 Å². The normalized spacial score (nSPS) is 23.0. The van der Waals surface area contributed by atoms with Gasteiger partial charge in [0, 0.05) is 34.6 Å². The van der Waals surface area contributed by atoms with Gasteiger partial charge in [-0.25, -0.2) is 0 Å². The second-order valence-electron chi connectivity index (χ2n) is 11.7. The highest BCUT2D eigenvalue weighted by atomic mass is 32.2. The molecule has 0 saturated heterocycles. The molecular formula is C32H34N2O6S2. The Balaban J connectivity index is 1.42. The van der Waals surface area contributed by atoms with E-state index in [0.29, 0.717) is 16.8 Å². The predicted octanol–water partition coefficient (Wildman–Crippen LogP) is 7.16. The summed E-state index contributed by atoms with van der Waals surface area (Å²) in [5, 5.41) is 0. The predicted molar refractivity (Wildman–Crippen MR) is 160 cm³/mol. The molecule has 7 rings (SSSR count). The molecule has 1 spiro atoms. The standard InChI is InChI=1S/C32H34N2O6S2/c1-37-21-12-14-23-26(19-21)39-32(18-7-4-11-29(32)31(23)16-5-3-6-17-31)24-15-13-22(38-2)20-27(24)40-42(35,36)28-10-8-9-25-30(28)34-41-33-25/h8-10,12-15,19-20,29H,3-7,11,16-18H2,1-2H3. The van der Waals surface area contributed by atoms with Gasteiger partial charge in [0.1, 0.15) is 38.8 Å². The number of benzene rings is 3. The molecule has 2 heterocycles. The van der Waals surface area contributed by atoms with Crippen LogP contribution in [-0.4, -0.2) is 31.4 Å². The fourth-order valence-electron chi connectivity index (χ4n) is 7.87. The molecule has 220 valence electrons.